The van der Waals surface area contributed by atoms with Gasteiger partial charge in [-0.15, -0.1) is 13.2 Å². The second-order valence-electron chi connectivity index (χ2n) is 7.31. The second-order valence-corrected chi connectivity index (χ2v) is 8.16. The van der Waals surface area contributed by atoms with Gasteiger partial charge in [-0.25, -0.2) is 4.98 Å². The van der Waals surface area contributed by atoms with Crippen molar-refractivity contribution in [2.75, 3.05) is 37.8 Å². The molecule has 0 saturated heterocycles. The monoisotopic (exact) mass is 509 g/mol. The van der Waals surface area contributed by atoms with Crippen LogP contribution in [0.3, 0.4) is 0 Å². The number of benzene rings is 2. The summed E-state index contributed by atoms with van der Waals surface area (Å²) in [5.41, 5.74) is 2.77. The lowest BCUT2D eigenvalue weighted by molar-refractivity contribution is -0.274. The highest BCUT2D eigenvalue weighted by Crippen LogP contribution is 2.30. The third-order valence-electron chi connectivity index (χ3n) is 4.46. The number of rotatable bonds is 8. The van der Waals surface area contributed by atoms with Crippen molar-refractivity contribution in [1.29, 1.82) is 0 Å². The summed E-state index contributed by atoms with van der Waals surface area (Å²) in [5.74, 6) is 0.556. The fourth-order valence-electron chi connectivity index (χ4n) is 2.86. The molecule has 1 heterocycles. The Labute approximate surface area is 193 Å². The van der Waals surface area contributed by atoms with E-state index in [0.29, 0.717) is 29.6 Å². The van der Waals surface area contributed by atoms with Gasteiger partial charge in [0.05, 0.1) is 5.69 Å². The number of aromatic nitrogens is 2. The van der Waals surface area contributed by atoms with Gasteiger partial charge in [-0.2, -0.15) is 4.98 Å². The number of nitrogens with zero attached hydrogens (tertiary/aromatic N) is 3. The smallest absolute Gasteiger partial charge is 0.406 e. The molecule has 0 aliphatic rings. The summed E-state index contributed by atoms with van der Waals surface area (Å²) in [5, 5.41) is 6.44. The molecule has 0 atom stereocenters. The zero-order chi connectivity index (χ0) is 23.3. The van der Waals surface area contributed by atoms with Crippen molar-refractivity contribution in [3.8, 4) is 17.0 Å². The van der Waals surface area contributed by atoms with Crippen molar-refractivity contribution in [2.45, 2.75) is 13.3 Å². The van der Waals surface area contributed by atoms with Gasteiger partial charge in [0, 0.05) is 34.9 Å². The van der Waals surface area contributed by atoms with E-state index in [9.17, 15) is 13.2 Å². The van der Waals surface area contributed by atoms with Gasteiger partial charge in [-0.05, 0) is 50.8 Å². The molecule has 0 saturated carbocycles. The largest absolute Gasteiger partial charge is 0.573 e. The Morgan fingerprint density at radius 3 is 2.53 bits per heavy atom. The molecule has 3 aromatic rings. The number of hydrogen-bond acceptors (Lipinski definition) is 6. The average molecular weight is 510 g/mol. The van der Waals surface area contributed by atoms with Gasteiger partial charge in [-0.3, -0.25) is 0 Å². The van der Waals surface area contributed by atoms with Crippen molar-refractivity contribution in [3.63, 3.8) is 0 Å². The van der Waals surface area contributed by atoms with E-state index in [4.69, 9.17) is 0 Å². The first-order valence-electron chi connectivity index (χ1n) is 9.77. The molecule has 0 radical (unpaired) electrons. The van der Waals surface area contributed by atoms with Crippen LogP contribution in [0.2, 0.25) is 0 Å². The summed E-state index contributed by atoms with van der Waals surface area (Å²) in [6.07, 6.45) is -4.77. The zero-order valence-corrected chi connectivity index (χ0v) is 19.4. The minimum absolute atomic E-state index is 0.312. The topological polar surface area (TPSA) is 62.3 Å². The number of halogens is 4. The lowest BCUT2D eigenvalue weighted by atomic mass is 10.1. The van der Waals surface area contributed by atoms with Crippen LogP contribution in [-0.2, 0) is 0 Å². The fraction of sp³-hybridized carbons (Fsp3) is 0.273. The van der Waals surface area contributed by atoms with Gasteiger partial charge < -0.3 is 20.3 Å². The Hall–Kier alpha value is -2.85. The minimum Gasteiger partial charge on any atom is -0.406 e. The Bertz CT molecular complexity index is 1080. The highest BCUT2D eigenvalue weighted by molar-refractivity contribution is 9.10. The van der Waals surface area contributed by atoms with E-state index in [1.807, 2.05) is 44.1 Å². The van der Waals surface area contributed by atoms with Gasteiger partial charge in [0.2, 0.25) is 5.95 Å². The fourth-order valence-corrected chi connectivity index (χ4v) is 3.23. The first-order valence-corrected chi connectivity index (χ1v) is 10.6. The lowest BCUT2D eigenvalue weighted by Crippen LogP contribution is -2.21. The molecule has 1 aromatic heterocycles. The first kappa shape index (κ1) is 23.8. The molecule has 2 N–H and O–H groups in total. The summed E-state index contributed by atoms with van der Waals surface area (Å²) in [6, 6.07) is 13.1. The highest BCUT2D eigenvalue weighted by atomic mass is 79.9. The molecule has 0 aliphatic carbocycles. The van der Waals surface area contributed by atoms with Gasteiger partial charge in [0.15, 0.2) is 0 Å². The van der Waals surface area contributed by atoms with Crippen LogP contribution in [-0.4, -0.2) is 48.4 Å². The molecule has 0 unspecified atom stereocenters. The maximum Gasteiger partial charge on any atom is 0.573 e. The van der Waals surface area contributed by atoms with Gasteiger partial charge in [-0.1, -0.05) is 34.1 Å². The molecule has 170 valence electrons. The summed E-state index contributed by atoms with van der Waals surface area (Å²) in [6.45, 7) is 3.32. The van der Waals surface area contributed by atoms with Crippen LogP contribution >= 0.6 is 15.9 Å². The minimum atomic E-state index is -4.77. The number of hydrogen-bond donors (Lipinski definition) is 2. The normalized spacial score (nSPS) is 11.5. The van der Waals surface area contributed by atoms with Crippen LogP contribution in [0.25, 0.3) is 11.3 Å². The van der Waals surface area contributed by atoms with Crippen molar-refractivity contribution < 1.29 is 17.9 Å². The summed E-state index contributed by atoms with van der Waals surface area (Å²) in [7, 11) is 3.91. The van der Waals surface area contributed by atoms with E-state index < -0.39 is 6.36 Å². The number of alkyl halides is 3. The number of likely N-dealkylation sites (N-methyl/N-ethyl adjacent to an activating group) is 1. The molecule has 0 spiro atoms. The third kappa shape index (κ3) is 6.83. The molecule has 10 heteroatoms. The lowest BCUT2D eigenvalue weighted by Gasteiger charge is -2.15. The van der Waals surface area contributed by atoms with Gasteiger partial charge >= 0.3 is 6.36 Å². The Kier molecular flexibility index (Phi) is 7.57. The molecular weight excluding hydrogens is 487 g/mol. The first-order chi connectivity index (χ1) is 15.1. The number of anilines is 3. The highest BCUT2D eigenvalue weighted by Gasteiger charge is 2.31. The number of ether oxygens (including phenoxy) is 1. The van der Waals surface area contributed by atoms with Crippen molar-refractivity contribution in [1.82, 2.24) is 14.9 Å². The maximum atomic E-state index is 12.6. The Morgan fingerprint density at radius 1 is 1.06 bits per heavy atom. The molecule has 2 aromatic carbocycles. The second kappa shape index (κ2) is 10.2. The molecule has 32 heavy (non-hydrogen) atoms. The van der Waals surface area contributed by atoms with Crippen molar-refractivity contribution >= 4 is 33.4 Å². The predicted octanol–water partition coefficient (Wildman–Crippen LogP) is 5.83. The zero-order valence-electron chi connectivity index (χ0n) is 17.8. The molecule has 0 aliphatic heterocycles. The predicted molar refractivity (Wildman–Crippen MR) is 123 cm³/mol. The van der Waals surface area contributed by atoms with E-state index in [1.54, 1.807) is 12.1 Å². The van der Waals surface area contributed by atoms with E-state index in [-0.39, 0.29) is 5.75 Å². The van der Waals surface area contributed by atoms with Crippen molar-refractivity contribution in [2.24, 2.45) is 0 Å². The standard InChI is InChI=1S/C22H23BrF3N5O/c1-14-17(23)8-5-9-18(14)28-20-13-19(29-21(30-20)27-10-11-31(2)3)15-6-4-7-16(12-15)32-22(24,25)26/h4-9,12-13H,10-11H2,1-3H3,(H2,27,28,29,30). The van der Waals surface area contributed by atoms with E-state index in [0.717, 1.165) is 22.3 Å². The SMILES string of the molecule is Cc1c(Br)cccc1Nc1cc(-c2cccc(OC(F)(F)F)c2)nc(NCCN(C)C)n1. The van der Waals surface area contributed by atoms with Gasteiger partial charge in [0.1, 0.15) is 11.6 Å². The van der Waals surface area contributed by atoms with Gasteiger partial charge in [0.25, 0.3) is 0 Å². The van der Waals surface area contributed by atoms with Crippen LogP contribution in [0.5, 0.6) is 5.75 Å². The van der Waals surface area contributed by atoms with Crippen LogP contribution in [0.4, 0.5) is 30.6 Å². The maximum absolute atomic E-state index is 12.6. The summed E-state index contributed by atoms with van der Waals surface area (Å²) < 4.78 is 42.9. The Balaban J connectivity index is 1.96. The summed E-state index contributed by atoms with van der Waals surface area (Å²) in [4.78, 5) is 11.0. The average Bonchev–Trinajstić information content (AvgIpc) is 2.70. The van der Waals surface area contributed by atoms with E-state index in [1.165, 1.54) is 18.2 Å². The molecule has 0 bridgehead atoms. The van der Waals surface area contributed by atoms with Crippen LogP contribution in [0.1, 0.15) is 5.56 Å². The molecule has 0 amide bonds. The van der Waals surface area contributed by atoms with Crippen LogP contribution < -0.4 is 15.4 Å². The third-order valence-corrected chi connectivity index (χ3v) is 5.32. The van der Waals surface area contributed by atoms with Crippen LogP contribution in [0.15, 0.2) is 53.0 Å². The molecular formula is C22H23BrF3N5O. The number of nitrogens with one attached hydrogen (secondary N) is 2. The molecule has 6 nitrogen and oxygen atoms in total. The van der Waals surface area contributed by atoms with Crippen LogP contribution in [0, 0.1) is 6.92 Å². The molecule has 3 rings (SSSR count). The quantitative estimate of drug-likeness (QED) is 0.398. The van der Waals surface area contributed by atoms with E-state index >= 15 is 0 Å². The summed E-state index contributed by atoms with van der Waals surface area (Å²) >= 11 is 3.51. The van der Waals surface area contributed by atoms with Crippen molar-refractivity contribution in [3.05, 3.63) is 58.6 Å². The van der Waals surface area contributed by atoms with E-state index in [2.05, 4.69) is 41.3 Å². The Morgan fingerprint density at radius 2 is 1.81 bits per heavy atom. The molecule has 0 fully saturated rings.